The number of nitrogens with zero attached hydrogens (tertiary/aromatic N) is 1. The van der Waals surface area contributed by atoms with Gasteiger partial charge in [-0.3, -0.25) is 4.79 Å². The number of benzene rings is 2. The Morgan fingerprint density at radius 3 is 2.02 bits per heavy atom. The highest BCUT2D eigenvalue weighted by molar-refractivity contribution is 5.89. The molecule has 0 saturated carbocycles. The van der Waals surface area contributed by atoms with Crippen molar-refractivity contribution in [3.05, 3.63) is 52.4 Å². The third-order valence-electron chi connectivity index (χ3n) is 7.88. The second-order valence-electron chi connectivity index (χ2n) is 10.9. The number of fused-ring (bicyclic) bond motifs is 1. The fraction of sp³-hybridized carbons (Fsp3) is 0.515. The molecule has 0 saturated heterocycles. The van der Waals surface area contributed by atoms with E-state index in [-0.39, 0.29) is 39.7 Å². The molecule has 0 amide bonds. The number of phenolic OH excluding ortho intramolecular Hbond substituents is 2. The predicted molar refractivity (Wildman–Crippen MR) is 159 cm³/mol. The van der Waals surface area contributed by atoms with E-state index in [1.165, 1.54) is 12.1 Å². The van der Waals surface area contributed by atoms with E-state index in [0.717, 1.165) is 75.5 Å². The number of aliphatic carboxylic acids is 1. The number of aromatic hydroxyl groups is 2. The van der Waals surface area contributed by atoms with Gasteiger partial charge in [0, 0.05) is 18.6 Å². The van der Waals surface area contributed by atoms with Crippen LogP contribution < -0.4 is 15.3 Å². The van der Waals surface area contributed by atoms with Gasteiger partial charge in [-0.15, -0.1) is 0 Å². The fourth-order valence-corrected chi connectivity index (χ4v) is 5.80. The number of ether oxygens (including phenoxy) is 1. The maximum Gasteiger partial charge on any atom is 0.204 e. The van der Waals surface area contributed by atoms with E-state index in [1.807, 2.05) is 0 Å². The zero-order valence-corrected chi connectivity index (χ0v) is 24.9. The molecule has 224 valence electrons. The van der Waals surface area contributed by atoms with Crippen molar-refractivity contribution in [1.82, 2.24) is 0 Å². The van der Waals surface area contributed by atoms with Crippen LogP contribution in [0.4, 0.5) is 0 Å². The Balaban J connectivity index is 2.40. The van der Waals surface area contributed by atoms with Crippen LogP contribution in [0.3, 0.4) is 0 Å². The molecule has 1 aromatic heterocycles. The standard InChI is InChI=1S/C33H45NO7/c1-5-9-17-34(18-10-6-2,19-11-7-3)26(12-8-4)33-30(23-13-15-24(35)16-14-23)32(39)31-27(36)20-25(21-28(31)41-33)40-22-29(37)38/h13-16,20-21,26H,5-12,17-19,22H2,1-4H3,(H2-,35,36,37,38,39). The Morgan fingerprint density at radius 1 is 0.927 bits per heavy atom. The second-order valence-corrected chi connectivity index (χ2v) is 10.9. The number of hydrogen-bond donors (Lipinski definition) is 2. The lowest BCUT2D eigenvalue weighted by Crippen LogP contribution is -2.53. The average molecular weight is 568 g/mol. The first-order chi connectivity index (χ1) is 19.7. The summed E-state index contributed by atoms with van der Waals surface area (Å²) in [6.45, 7) is 10.9. The van der Waals surface area contributed by atoms with Crippen LogP contribution in [0.25, 0.3) is 22.1 Å². The molecule has 3 aromatic rings. The molecule has 0 fully saturated rings. The first-order valence-electron chi connectivity index (χ1n) is 15.0. The Morgan fingerprint density at radius 2 is 1.51 bits per heavy atom. The summed E-state index contributed by atoms with van der Waals surface area (Å²) in [5.41, 5.74) is 0.741. The van der Waals surface area contributed by atoms with E-state index in [4.69, 9.17) is 9.15 Å². The molecule has 2 N–H and O–H groups in total. The van der Waals surface area contributed by atoms with E-state index in [1.54, 1.807) is 24.3 Å². The predicted octanol–water partition coefficient (Wildman–Crippen LogP) is 6.06. The maximum absolute atomic E-state index is 14.3. The van der Waals surface area contributed by atoms with Gasteiger partial charge < -0.3 is 33.8 Å². The summed E-state index contributed by atoms with van der Waals surface area (Å²) in [5, 5.41) is 31.9. The number of carboxylic acid groups (broad SMARTS) is 1. The topological polar surface area (TPSA) is 120 Å². The lowest BCUT2D eigenvalue weighted by atomic mass is 9.92. The normalized spacial score (nSPS) is 12.5. The fourth-order valence-electron chi connectivity index (χ4n) is 5.80. The Hall–Kier alpha value is -3.52. The van der Waals surface area contributed by atoms with E-state index in [2.05, 4.69) is 27.7 Å². The van der Waals surface area contributed by atoms with Crippen LogP contribution in [-0.4, -0.2) is 46.9 Å². The van der Waals surface area contributed by atoms with Crippen molar-refractivity contribution in [2.75, 3.05) is 26.2 Å². The maximum atomic E-state index is 14.3. The first kappa shape index (κ1) is 32.0. The van der Waals surface area contributed by atoms with Crippen molar-refractivity contribution >= 4 is 16.9 Å². The SMILES string of the molecule is CCCC[N+](CCCC)(CCCC)C(CCC)c1oc2cc(OCC(=O)[O-])cc(O)c2c(=O)c1-c1ccc(O)cc1. The second kappa shape index (κ2) is 14.9. The highest BCUT2D eigenvalue weighted by Crippen LogP contribution is 2.42. The molecule has 41 heavy (non-hydrogen) atoms. The van der Waals surface area contributed by atoms with Crippen LogP contribution in [-0.2, 0) is 4.79 Å². The van der Waals surface area contributed by atoms with Crippen molar-refractivity contribution < 1.29 is 33.8 Å². The molecule has 1 unspecified atom stereocenters. The minimum atomic E-state index is -1.40. The molecule has 0 spiro atoms. The van der Waals surface area contributed by atoms with E-state index < -0.39 is 12.6 Å². The van der Waals surface area contributed by atoms with Crippen molar-refractivity contribution in [2.45, 2.75) is 85.1 Å². The van der Waals surface area contributed by atoms with Gasteiger partial charge in [0.05, 0.1) is 31.2 Å². The summed E-state index contributed by atoms with van der Waals surface area (Å²) in [5.74, 6) is -1.05. The van der Waals surface area contributed by atoms with E-state index >= 15 is 0 Å². The number of carboxylic acids is 1. The van der Waals surface area contributed by atoms with Gasteiger partial charge in [0.1, 0.15) is 40.9 Å². The summed E-state index contributed by atoms with van der Waals surface area (Å²) < 4.78 is 12.8. The highest BCUT2D eigenvalue weighted by atomic mass is 16.5. The van der Waals surface area contributed by atoms with Crippen molar-refractivity contribution in [3.8, 4) is 28.4 Å². The van der Waals surface area contributed by atoms with Crippen LogP contribution in [0.1, 0.15) is 90.9 Å². The molecule has 3 rings (SSSR count). The number of phenols is 2. The molecule has 0 aliphatic heterocycles. The number of quaternary nitrogens is 1. The smallest absolute Gasteiger partial charge is 0.204 e. The zero-order valence-electron chi connectivity index (χ0n) is 24.9. The van der Waals surface area contributed by atoms with Crippen LogP contribution in [0, 0.1) is 0 Å². The van der Waals surface area contributed by atoms with Crippen molar-refractivity contribution in [1.29, 1.82) is 0 Å². The minimum absolute atomic E-state index is 0.00153. The lowest BCUT2D eigenvalue weighted by molar-refractivity contribution is -0.959. The van der Waals surface area contributed by atoms with Gasteiger partial charge in [0.2, 0.25) is 5.43 Å². The number of carbonyl (C=O) groups is 1. The molecule has 0 radical (unpaired) electrons. The summed E-state index contributed by atoms with van der Waals surface area (Å²) in [6.07, 6.45) is 7.96. The molecular formula is C33H45NO7. The largest absolute Gasteiger partial charge is 0.546 e. The van der Waals surface area contributed by atoms with Gasteiger partial charge in [-0.2, -0.15) is 0 Å². The number of unbranched alkanes of at least 4 members (excludes halogenated alkanes) is 3. The zero-order chi connectivity index (χ0) is 30.0. The summed E-state index contributed by atoms with van der Waals surface area (Å²) in [4.78, 5) is 25.3. The van der Waals surface area contributed by atoms with Gasteiger partial charge in [-0.1, -0.05) is 65.5 Å². The Labute approximate surface area is 242 Å². The monoisotopic (exact) mass is 567 g/mol. The highest BCUT2D eigenvalue weighted by Gasteiger charge is 2.40. The number of carbonyl (C=O) groups excluding carboxylic acids is 1. The molecule has 2 aromatic carbocycles. The number of rotatable bonds is 17. The van der Waals surface area contributed by atoms with E-state index in [0.29, 0.717) is 16.9 Å². The molecule has 8 heteroatoms. The quantitative estimate of drug-likeness (QED) is 0.190. The van der Waals surface area contributed by atoms with Gasteiger partial charge in [-0.05, 0) is 37.0 Å². The first-order valence-corrected chi connectivity index (χ1v) is 15.0. The van der Waals surface area contributed by atoms with Gasteiger partial charge in [-0.25, -0.2) is 0 Å². The van der Waals surface area contributed by atoms with Gasteiger partial charge >= 0.3 is 0 Å². The third kappa shape index (κ3) is 7.61. The molecule has 0 aliphatic carbocycles. The summed E-state index contributed by atoms with van der Waals surface area (Å²) in [7, 11) is 0. The third-order valence-corrected chi connectivity index (χ3v) is 7.88. The Bertz CT molecular complexity index is 1320. The number of hydrogen-bond acceptors (Lipinski definition) is 7. The van der Waals surface area contributed by atoms with Gasteiger partial charge in [0.15, 0.2) is 5.76 Å². The summed E-state index contributed by atoms with van der Waals surface area (Å²) in [6, 6.07) is 9.05. The van der Waals surface area contributed by atoms with Gasteiger partial charge in [0.25, 0.3) is 0 Å². The molecule has 1 atom stereocenters. The molecule has 0 aliphatic rings. The minimum Gasteiger partial charge on any atom is -0.546 e. The van der Waals surface area contributed by atoms with Crippen molar-refractivity contribution in [3.63, 3.8) is 0 Å². The van der Waals surface area contributed by atoms with Crippen LogP contribution in [0.5, 0.6) is 17.2 Å². The molecule has 0 bridgehead atoms. The lowest BCUT2D eigenvalue weighted by Gasteiger charge is -2.45. The van der Waals surface area contributed by atoms with Crippen molar-refractivity contribution in [2.24, 2.45) is 0 Å². The molecular weight excluding hydrogens is 522 g/mol. The van der Waals surface area contributed by atoms with E-state index in [9.17, 15) is 24.9 Å². The summed E-state index contributed by atoms with van der Waals surface area (Å²) >= 11 is 0. The van der Waals surface area contributed by atoms with Crippen LogP contribution in [0.2, 0.25) is 0 Å². The Kier molecular flexibility index (Phi) is 11.6. The molecule has 1 heterocycles. The van der Waals surface area contributed by atoms with Crippen LogP contribution >= 0.6 is 0 Å². The molecule has 8 nitrogen and oxygen atoms in total. The average Bonchev–Trinajstić information content (AvgIpc) is 2.95. The van der Waals surface area contributed by atoms with Crippen LogP contribution in [0.15, 0.2) is 45.6 Å².